The molecule has 0 bridgehead atoms. The summed E-state index contributed by atoms with van der Waals surface area (Å²) in [6, 6.07) is 8.39. The first kappa shape index (κ1) is 15.3. The van der Waals surface area contributed by atoms with E-state index in [1.165, 1.54) is 18.7 Å². The molecule has 0 fully saturated rings. The number of fused-ring (bicyclic) bond motifs is 1. The van der Waals surface area contributed by atoms with Gasteiger partial charge in [0, 0.05) is 55.8 Å². The molecule has 1 aromatic carbocycles. The third-order valence-corrected chi connectivity index (χ3v) is 4.74. The number of rotatable bonds is 4. The molecule has 0 unspecified atom stereocenters. The highest BCUT2D eigenvalue weighted by atomic mass is 35.5. The standard InChI is InChI=1S/C18H20ClN5/c1-23-11-14(18(19)22-23)10-20-15-7-5-13(6-8-15)16-12-24-9-3-2-4-17(24)21-16/h5-8,11-12,20H,2-4,9-10H2,1H3. The molecule has 0 spiro atoms. The van der Waals surface area contributed by atoms with Crippen LogP contribution in [0.25, 0.3) is 11.3 Å². The first-order chi connectivity index (χ1) is 11.7. The minimum absolute atomic E-state index is 0.546. The largest absolute Gasteiger partial charge is 0.381 e. The van der Waals surface area contributed by atoms with Gasteiger partial charge in [-0.2, -0.15) is 5.10 Å². The molecular formula is C18H20ClN5. The molecule has 1 N–H and O–H groups in total. The molecule has 0 radical (unpaired) electrons. The average molecular weight is 342 g/mol. The van der Waals surface area contributed by atoms with Gasteiger partial charge in [-0.25, -0.2) is 4.98 Å². The lowest BCUT2D eigenvalue weighted by Crippen LogP contribution is -2.08. The molecule has 5 nitrogen and oxygen atoms in total. The first-order valence-corrected chi connectivity index (χ1v) is 8.65. The Kier molecular flexibility index (Phi) is 4.02. The third kappa shape index (κ3) is 3.04. The summed E-state index contributed by atoms with van der Waals surface area (Å²) in [5, 5.41) is 8.07. The van der Waals surface area contributed by atoms with E-state index < -0.39 is 0 Å². The second-order valence-electron chi connectivity index (χ2n) is 6.24. The molecule has 1 aliphatic rings. The number of imidazole rings is 1. The molecule has 0 saturated heterocycles. The van der Waals surface area contributed by atoms with E-state index in [1.54, 1.807) is 4.68 Å². The van der Waals surface area contributed by atoms with Crippen molar-refractivity contribution in [2.45, 2.75) is 32.4 Å². The normalized spacial score (nSPS) is 13.8. The van der Waals surface area contributed by atoms with E-state index in [1.807, 2.05) is 13.2 Å². The van der Waals surface area contributed by atoms with E-state index in [4.69, 9.17) is 16.6 Å². The van der Waals surface area contributed by atoms with Gasteiger partial charge in [0.1, 0.15) is 5.82 Å². The molecule has 124 valence electrons. The molecule has 4 rings (SSSR count). The first-order valence-electron chi connectivity index (χ1n) is 8.27. The maximum atomic E-state index is 6.08. The fraction of sp³-hybridized carbons (Fsp3) is 0.333. The lowest BCUT2D eigenvalue weighted by molar-refractivity contribution is 0.522. The van der Waals surface area contributed by atoms with Gasteiger partial charge in [0.25, 0.3) is 0 Å². The van der Waals surface area contributed by atoms with Crippen LogP contribution in [0, 0.1) is 0 Å². The Morgan fingerprint density at radius 3 is 2.71 bits per heavy atom. The van der Waals surface area contributed by atoms with Crippen molar-refractivity contribution in [2.75, 3.05) is 5.32 Å². The van der Waals surface area contributed by atoms with Gasteiger partial charge < -0.3 is 9.88 Å². The zero-order chi connectivity index (χ0) is 16.5. The highest BCUT2D eigenvalue weighted by Gasteiger charge is 2.13. The van der Waals surface area contributed by atoms with E-state index >= 15 is 0 Å². The third-order valence-electron chi connectivity index (χ3n) is 4.43. The average Bonchev–Trinajstić information content (AvgIpc) is 3.16. The number of aryl methyl sites for hydroxylation is 3. The molecule has 0 amide bonds. The maximum absolute atomic E-state index is 6.08. The lowest BCUT2D eigenvalue weighted by atomic mass is 10.1. The number of hydrogen-bond donors (Lipinski definition) is 1. The summed E-state index contributed by atoms with van der Waals surface area (Å²) < 4.78 is 4.01. The zero-order valence-corrected chi connectivity index (χ0v) is 14.4. The van der Waals surface area contributed by atoms with Crippen molar-refractivity contribution in [1.82, 2.24) is 19.3 Å². The van der Waals surface area contributed by atoms with E-state index in [-0.39, 0.29) is 0 Å². The summed E-state index contributed by atoms with van der Waals surface area (Å²) in [6.07, 6.45) is 7.69. The Morgan fingerprint density at radius 1 is 1.17 bits per heavy atom. The molecule has 0 aliphatic carbocycles. The predicted octanol–water partition coefficient (Wildman–Crippen LogP) is 3.89. The number of aromatic nitrogens is 4. The fourth-order valence-corrected chi connectivity index (χ4v) is 3.37. The second-order valence-corrected chi connectivity index (χ2v) is 6.60. The molecule has 2 aromatic heterocycles. The van der Waals surface area contributed by atoms with E-state index in [0.29, 0.717) is 11.7 Å². The van der Waals surface area contributed by atoms with Gasteiger partial charge in [-0.1, -0.05) is 23.7 Å². The molecule has 0 atom stereocenters. The minimum Gasteiger partial charge on any atom is -0.381 e. The van der Waals surface area contributed by atoms with Crippen molar-refractivity contribution in [1.29, 1.82) is 0 Å². The summed E-state index contributed by atoms with van der Waals surface area (Å²) in [7, 11) is 1.87. The van der Waals surface area contributed by atoms with Crippen molar-refractivity contribution in [2.24, 2.45) is 7.05 Å². The summed E-state index contributed by atoms with van der Waals surface area (Å²) in [4.78, 5) is 4.77. The van der Waals surface area contributed by atoms with Gasteiger partial charge >= 0.3 is 0 Å². The van der Waals surface area contributed by atoms with E-state index in [2.05, 4.69) is 45.4 Å². The highest BCUT2D eigenvalue weighted by molar-refractivity contribution is 6.30. The zero-order valence-electron chi connectivity index (χ0n) is 13.7. The smallest absolute Gasteiger partial charge is 0.156 e. The Morgan fingerprint density at radius 2 is 2.00 bits per heavy atom. The van der Waals surface area contributed by atoms with Gasteiger partial charge in [0.2, 0.25) is 0 Å². The van der Waals surface area contributed by atoms with Crippen LogP contribution in [0.2, 0.25) is 5.15 Å². The molecule has 0 saturated carbocycles. The fourth-order valence-electron chi connectivity index (χ4n) is 3.14. The Hall–Kier alpha value is -2.27. The highest BCUT2D eigenvalue weighted by Crippen LogP contribution is 2.24. The maximum Gasteiger partial charge on any atom is 0.156 e. The van der Waals surface area contributed by atoms with Crippen LogP contribution in [0.3, 0.4) is 0 Å². The number of halogens is 1. The lowest BCUT2D eigenvalue weighted by Gasteiger charge is -2.11. The summed E-state index contributed by atoms with van der Waals surface area (Å²) >= 11 is 6.08. The molecule has 3 aromatic rings. The monoisotopic (exact) mass is 341 g/mol. The van der Waals surface area contributed by atoms with Crippen LogP contribution in [-0.4, -0.2) is 19.3 Å². The van der Waals surface area contributed by atoms with Crippen LogP contribution >= 0.6 is 11.6 Å². The van der Waals surface area contributed by atoms with Gasteiger partial charge in [-0.05, 0) is 25.0 Å². The van der Waals surface area contributed by atoms with Crippen LogP contribution in [0.4, 0.5) is 5.69 Å². The predicted molar refractivity (Wildman–Crippen MR) is 96.1 cm³/mol. The summed E-state index contributed by atoms with van der Waals surface area (Å²) in [5.41, 5.74) is 4.27. The number of benzene rings is 1. The topological polar surface area (TPSA) is 47.7 Å². The van der Waals surface area contributed by atoms with Crippen LogP contribution in [0.1, 0.15) is 24.2 Å². The van der Waals surface area contributed by atoms with Crippen LogP contribution in [-0.2, 0) is 26.6 Å². The number of nitrogens with one attached hydrogen (secondary N) is 1. The Balaban J connectivity index is 1.46. The van der Waals surface area contributed by atoms with Crippen molar-refractivity contribution < 1.29 is 0 Å². The van der Waals surface area contributed by atoms with Crippen molar-refractivity contribution >= 4 is 17.3 Å². The van der Waals surface area contributed by atoms with Crippen LogP contribution in [0.15, 0.2) is 36.7 Å². The van der Waals surface area contributed by atoms with Crippen LogP contribution in [0.5, 0.6) is 0 Å². The van der Waals surface area contributed by atoms with E-state index in [0.717, 1.165) is 35.5 Å². The summed E-state index contributed by atoms with van der Waals surface area (Å²) in [6.45, 7) is 1.75. The number of nitrogens with zero attached hydrogens (tertiary/aromatic N) is 4. The second kappa shape index (κ2) is 6.32. The molecular weight excluding hydrogens is 322 g/mol. The van der Waals surface area contributed by atoms with Crippen molar-refractivity contribution in [3.63, 3.8) is 0 Å². The molecule has 6 heteroatoms. The van der Waals surface area contributed by atoms with Gasteiger partial charge in [0.15, 0.2) is 5.15 Å². The minimum atomic E-state index is 0.546. The number of hydrogen-bond acceptors (Lipinski definition) is 3. The van der Waals surface area contributed by atoms with Crippen LogP contribution < -0.4 is 5.32 Å². The molecule has 1 aliphatic heterocycles. The quantitative estimate of drug-likeness (QED) is 0.783. The Bertz CT molecular complexity index is 823. The van der Waals surface area contributed by atoms with Crippen molar-refractivity contribution in [3.8, 4) is 11.3 Å². The number of anilines is 1. The van der Waals surface area contributed by atoms with Gasteiger partial charge in [-0.3, -0.25) is 4.68 Å². The molecule has 24 heavy (non-hydrogen) atoms. The van der Waals surface area contributed by atoms with Gasteiger partial charge in [0.05, 0.1) is 5.69 Å². The van der Waals surface area contributed by atoms with Crippen molar-refractivity contribution in [3.05, 3.63) is 53.2 Å². The Labute approximate surface area is 146 Å². The molecule has 3 heterocycles. The summed E-state index contributed by atoms with van der Waals surface area (Å²) in [5.74, 6) is 1.21. The SMILES string of the molecule is Cn1cc(CNc2ccc(-c3cn4c(n3)CCCC4)cc2)c(Cl)n1. The van der Waals surface area contributed by atoms with Gasteiger partial charge in [-0.15, -0.1) is 0 Å². The van der Waals surface area contributed by atoms with E-state index in [9.17, 15) is 0 Å².